The minimum absolute atomic E-state index is 0.0686. The molecule has 0 bridgehead atoms. The van der Waals surface area contributed by atoms with Crippen molar-refractivity contribution in [1.29, 1.82) is 0 Å². The van der Waals surface area contributed by atoms with E-state index in [1.165, 1.54) is 18.2 Å². The van der Waals surface area contributed by atoms with Gasteiger partial charge in [-0.15, -0.1) is 0 Å². The highest BCUT2D eigenvalue weighted by Crippen LogP contribution is 2.07. The number of benzene rings is 1. The fourth-order valence-corrected chi connectivity index (χ4v) is 1.64. The summed E-state index contributed by atoms with van der Waals surface area (Å²) in [5, 5.41) is 8.81. The van der Waals surface area contributed by atoms with E-state index in [9.17, 15) is 9.18 Å². The first-order valence-electron chi connectivity index (χ1n) is 5.79. The third-order valence-electron chi connectivity index (χ3n) is 2.67. The van der Waals surface area contributed by atoms with Gasteiger partial charge in [0.15, 0.2) is 5.78 Å². The fourth-order valence-electron chi connectivity index (χ4n) is 1.64. The molecule has 0 aromatic heterocycles. The molecule has 17 heavy (non-hydrogen) atoms. The van der Waals surface area contributed by atoms with Gasteiger partial charge in [-0.2, -0.15) is 0 Å². The van der Waals surface area contributed by atoms with E-state index in [-0.39, 0.29) is 12.4 Å². The number of Topliss-reactive ketones (excluding diaryl/α,β-unsaturated/α-hetero) is 1. The highest BCUT2D eigenvalue weighted by atomic mass is 19.1. The maximum Gasteiger partial charge on any atom is 0.164 e. The lowest BCUT2D eigenvalue weighted by atomic mass is 10.1. The summed E-state index contributed by atoms with van der Waals surface area (Å²) in [6.07, 6.45) is 0.345. The van der Waals surface area contributed by atoms with Gasteiger partial charge in [0.1, 0.15) is 5.82 Å². The number of carbonyl (C=O) groups excluding carboxylic acids is 1. The highest BCUT2D eigenvalue weighted by molar-refractivity contribution is 5.96. The van der Waals surface area contributed by atoms with Crippen LogP contribution in [0.1, 0.15) is 23.7 Å². The summed E-state index contributed by atoms with van der Waals surface area (Å²) in [6, 6.07) is 5.73. The standard InChI is InChI=1S/C13H18FNO2/c1-2-15(8-9-16)7-6-13(17)11-4-3-5-12(14)10-11/h3-5,10,16H,2,6-9H2,1H3. The van der Waals surface area contributed by atoms with Crippen LogP contribution in [0.15, 0.2) is 24.3 Å². The van der Waals surface area contributed by atoms with Crippen molar-refractivity contribution in [1.82, 2.24) is 4.90 Å². The Kier molecular flexibility index (Phi) is 5.80. The molecule has 94 valence electrons. The van der Waals surface area contributed by atoms with Crippen LogP contribution < -0.4 is 0 Å². The van der Waals surface area contributed by atoms with E-state index in [2.05, 4.69) is 0 Å². The number of aliphatic hydroxyl groups is 1. The first kappa shape index (κ1) is 13.8. The minimum Gasteiger partial charge on any atom is -0.395 e. The Bertz CT molecular complexity index is 368. The Balaban J connectivity index is 2.49. The number of halogens is 1. The molecular weight excluding hydrogens is 221 g/mol. The van der Waals surface area contributed by atoms with Gasteiger partial charge >= 0.3 is 0 Å². The molecule has 0 aliphatic carbocycles. The second kappa shape index (κ2) is 7.14. The Hall–Kier alpha value is -1.26. The van der Waals surface area contributed by atoms with E-state index in [0.29, 0.717) is 25.1 Å². The average Bonchev–Trinajstić information content (AvgIpc) is 2.34. The first-order chi connectivity index (χ1) is 8.17. The smallest absolute Gasteiger partial charge is 0.164 e. The van der Waals surface area contributed by atoms with Crippen LogP contribution in [0.3, 0.4) is 0 Å². The molecule has 0 unspecified atom stereocenters. The van der Waals surface area contributed by atoms with Gasteiger partial charge in [-0.05, 0) is 18.7 Å². The summed E-state index contributed by atoms with van der Waals surface area (Å²) >= 11 is 0. The second-order valence-electron chi connectivity index (χ2n) is 3.84. The van der Waals surface area contributed by atoms with Gasteiger partial charge in [0.25, 0.3) is 0 Å². The number of hydrogen-bond donors (Lipinski definition) is 1. The molecule has 0 aliphatic rings. The molecule has 4 heteroatoms. The number of ketones is 1. The SMILES string of the molecule is CCN(CCO)CCC(=O)c1cccc(F)c1. The van der Waals surface area contributed by atoms with Gasteiger partial charge < -0.3 is 10.0 Å². The minimum atomic E-state index is -0.390. The highest BCUT2D eigenvalue weighted by Gasteiger charge is 2.09. The molecule has 0 radical (unpaired) electrons. The van der Waals surface area contributed by atoms with Gasteiger partial charge in [-0.1, -0.05) is 19.1 Å². The zero-order valence-electron chi connectivity index (χ0n) is 10.0. The zero-order valence-corrected chi connectivity index (χ0v) is 10.0. The lowest BCUT2D eigenvalue weighted by molar-refractivity contribution is 0.0958. The molecule has 3 nitrogen and oxygen atoms in total. The number of carbonyl (C=O) groups is 1. The summed E-state index contributed by atoms with van der Waals surface area (Å²) in [6.45, 7) is 4.00. The Morgan fingerprint density at radius 1 is 1.41 bits per heavy atom. The average molecular weight is 239 g/mol. The molecule has 1 aromatic carbocycles. The normalized spacial score (nSPS) is 10.8. The van der Waals surface area contributed by atoms with Crippen LogP contribution in [-0.2, 0) is 0 Å². The Morgan fingerprint density at radius 3 is 2.76 bits per heavy atom. The van der Waals surface area contributed by atoms with Crippen LogP contribution in [0, 0.1) is 5.82 Å². The molecule has 0 aliphatic heterocycles. The maximum atomic E-state index is 12.9. The number of likely N-dealkylation sites (N-methyl/N-ethyl adjacent to an activating group) is 1. The summed E-state index contributed by atoms with van der Waals surface area (Å²) in [5.74, 6) is -0.459. The third kappa shape index (κ3) is 4.63. The van der Waals surface area contributed by atoms with Crippen LogP contribution in [0.4, 0.5) is 4.39 Å². The lowest BCUT2D eigenvalue weighted by Crippen LogP contribution is -2.29. The van der Waals surface area contributed by atoms with Gasteiger partial charge in [-0.25, -0.2) is 4.39 Å². The van der Waals surface area contributed by atoms with E-state index >= 15 is 0 Å². The van der Waals surface area contributed by atoms with Crippen LogP contribution in [0.25, 0.3) is 0 Å². The molecular formula is C13H18FNO2. The second-order valence-corrected chi connectivity index (χ2v) is 3.84. The third-order valence-corrected chi connectivity index (χ3v) is 2.67. The summed E-state index contributed by atoms with van der Waals surface area (Å²) < 4.78 is 12.9. The van der Waals surface area contributed by atoms with Crippen molar-refractivity contribution in [3.8, 4) is 0 Å². The lowest BCUT2D eigenvalue weighted by Gasteiger charge is -2.18. The van der Waals surface area contributed by atoms with Crippen molar-refractivity contribution in [2.24, 2.45) is 0 Å². The van der Waals surface area contributed by atoms with Gasteiger partial charge in [0.05, 0.1) is 6.61 Å². The molecule has 0 saturated heterocycles. The number of aliphatic hydroxyl groups excluding tert-OH is 1. The van der Waals surface area contributed by atoms with Crippen LogP contribution >= 0.6 is 0 Å². The largest absolute Gasteiger partial charge is 0.395 e. The van der Waals surface area contributed by atoms with Crippen LogP contribution in [-0.4, -0.2) is 42.0 Å². The van der Waals surface area contributed by atoms with Crippen molar-refractivity contribution < 1.29 is 14.3 Å². The molecule has 0 atom stereocenters. The van der Waals surface area contributed by atoms with Crippen LogP contribution in [0.5, 0.6) is 0 Å². The molecule has 1 rings (SSSR count). The quantitative estimate of drug-likeness (QED) is 0.736. The predicted octanol–water partition coefficient (Wildman–Crippen LogP) is 1.71. The Morgan fingerprint density at radius 2 is 2.18 bits per heavy atom. The molecule has 0 spiro atoms. The number of hydrogen-bond acceptors (Lipinski definition) is 3. The van der Waals surface area contributed by atoms with E-state index < -0.39 is 5.82 Å². The Labute approximate surface area is 101 Å². The van der Waals surface area contributed by atoms with Crippen molar-refractivity contribution in [3.05, 3.63) is 35.6 Å². The van der Waals surface area contributed by atoms with E-state index in [1.807, 2.05) is 11.8 Å². The number of nitrogens with zero attached hydrogens (tertiary/aromatic N) is 1. The predicted molar refractivity (Wildman–Crippen MR) is 64.5 cm³/mol. The summed E-state index contributed by atoms with van der Waals surface area (Å²) in [7, 11) is 0. The van der Waals surface area contributed by atoms with E-state index in [1.54, 1.807) is 6.07 Å². The van der Waals surface area contributed by atoms with E-state index in [4.69, 9.17) is 5.11 Å². The van der Waals surface area contributed by atoms with Crippen molar-refractivity contribution >= 4 is 5.78 Å². The van der Waals surface area contributed by atoms with Gasteiger partial charge in [-0.3, -0.25) is 4.79 Å². The van der Waals surface area contributed by atoms with Crippen molar-refractivity contribution in [2.45, 2.75) is 13.3 Å². The summed E-state index contributed by atoms with van der Waals surface area (Å²) in [4.78, 5) is 13.7. The van der Waals surface area contributed by atoms with Crippen molar-refractivity contribution in [3.63, 3.8) is 0 Å². The van der Waals surface area contributed by atoms with E-state index in [0.717, 1.165) is 6.54 Å². The number of rotatable bonds is 7. The maximum absolute atomic E-state index is 12.9. The monoisotopic (exact) mass is 239 g/mol. The molecule has 0 fully saturated rings. The molecule has 0 saturated carbocycles. The molecule has 1 N–H and O–H groups in total. The van der Waals surface area contributed by atoms with Gasteiger partial charge in [0, 0.05) is 25.1 Å². The topological polar surface area (TPSA) is 40.5 Å². The fraction of sp³-hybridized carbons (Fsp3) is 0.462. The first-order valence-corrected chi connectivity index (χ1v) is 5.79. The zero-order chi connectivity index (χ0) is 12.7. The molecule has 1 aromatic rings. The van der Waals surface area contributed by atoms with Gasteiger partial charge in [0.2, 0.25) is 0 Å². The molecule has 0 amide bonds. The van der Waals surface area contributed by atoms with Crippen molar-refractivity contribution in [2.75, 3.05) is 26.2 Å². The summed E-state index contributed by atoms with van der Waals surface area (Å²) in [5.41, 5.74) is 0.407. The van der Waals surface area contributed by atoms with Crippen LogP contribution in [0.2, 0.25) is 0 Å². The molecule has 0 heterocycles.